The molecular formula is C12H19BrN2S. The summed E-state index contributed by atoms with van der Waals surface area (Å²) in [6.45, 7) is 6.08. The van der Waals surface area contributed by atoms with Gasteiger partial charge in [0, 0.05) is 34.4 Å². The zero-order valence-corrected chi connectivity index (χ0v) is 12.2. The number of hydrogen-bond acceptors (Lipinski definition) is 3. The fourth-order valence-electron chi connectivity index (χ4n) is 2.10. The van der Waals surface area contributed by atoms with Crippen LogP contribution in [0.3, 0.4) is 0 Å². The van der Waals surface area contributed by atoms with Crippen LogP contribution in [0, 0.1) is 0 Å². The van der Waals surface area contributed by atoms with E-state index in [1.54, 1.807) is 0 Å². The lowest BCUT2D eigenvalue weighted by Gasteiger charge is -2.20. The molecule has 0 aromatic carbocycles. The summed E-state index contributed by atoms with van der Waals surface area (Å²) in [5.41, 5.74) is 0. The minimum Gasteiger partial charge on any atom is -0.302 e. The molecule has 16 heavy (non-hydrogen) atoms. The third-order valence-electron chi connectivity index (χ3n) is 3.04. The van der Waals surface area contributed by atoms with Crippen molar-refractivity contribution >= 4 is 27.3 Å². The summed E-state index contributed by atoms with van der Waals surface area (Å²) >= 11 is 5.33. The monoisotopic (exact) mass is 302 g/mol. The van der Waals surface area contributed by atoms with E-state index in [1.807, 2.05) is 11.3 Å². The van der Waals surface area contributed by atoms with Crippen LogP contribution < -0.4 is 0 Å². The highest BCUT2D eigenvalue weighted by Gasteiger charge is 2.11. The Morgan fingerprint density at radius 2 is 2.19 bits per heavy atom. The molecule has 0 radical (unpaired) electrons. The maximum Gasteiger partial charge on any atom is 0.0325 e. The average molecular weight is 303 g/mol. The van der Waals surface area contributed by atoms with Crippen molar-refractivity contribution in [1.29, 1.82) is 0 Å². The van der Waals surface area contributed by atoms with Crippen LogP contribution in [0.4, 0.5) is 0 Å². The summed E-state index contributed by atoms with van der Waals surface area (Å²) in [6.07, 6.45) is 2.78. The van der Waals surface area contributed by atoms with Gasteiger partial charge in [-0.15, -0.1) is 11.3 Å². The second kappa shape index (κ2) is 6.15. The van der Waals surface area contributed by atoms with Crippen molar-refractivity contribution in [2.45, 2.75) is 19.4 Å². The first kappa shape index (κ1) is 12.6. The van der Waals surface area contributed by atoms with Gasteiger partial charge in [-0.05, 0) is 55.0 Å². The maximum absolute atomic E-state index is 3.50. The van der Waals surface area contributed by atoms with Gasteiger partial charge < -0.3 is 9.80 Å². The molecule has 1 aliphatic rings. The molecule has 1 fully saturated rings. The number of hydrogen-bond donors (Lipinski definition) is 0. The van der Waals surface area contributed by atoms with Gasteiger partial charge in [-0.3, -0.25) is 0 Å². The SMILES string of the molecule is CN(CCN1CCCC1)Cc1cc(Br)cs1. The molecule has 1 aromatic rings. The fourth-order valence-corrected chi connectivity index (χ4v) is 3.63. The molecule has 1 saturated heterocycles. The van der Waals surface area contributed by atoms with Crippen molar-refractivity contribution < 1.29 is 0 Å². The standard InChI is InChI=1S/C12H19BrN2S/c1-14(6-7-15-4-2-3-5-15)9-12-8-11(13)10-16-12/h8,10H,2-7,9H2,1H3. The molecule has 2 rings (SSSR count). The number of halogens is 1. The van der Waals surface area contributed by atoms with E-state index in [0.29, 0.717) is 0 Å². The van der Waals surface area contributed by atoms with E-state index in [-0.39, 0.29) is 0 Å². The van der Waals surface area contributed by atoms with Crippen LogP contribution in [0.2, 0.25) is 0 Å². The molecule has 0 bridgehead atoms. The average Bonchev–Trinajstić information content (AvgIpc) is 2.87. The highest BCUT2D eigenvalue weighted by atomic mass is 79.9. The lowest BCUT2D eigenvalue weighted by atomic mass is 10.4. The molecule has 0 amide bonds. The summed E-state index contributed by atoms with van der Waals surface area (Å²) in [5, 5.41) is 2.16. The lowest BCUT2D eigenvalue weighted by molar-refractivity contribution is 0.253. The van der Waals surface area contributed by atoms with Crippen molar-refractivity contribution in [2.24, 2.45) is 0 Å². The highest BCUT2D eigenvalue weighted by molar-refractivity contribution is 9.10. The minimum atomic E-state index is 1.07. The first-order valence-corrected chi connectivity index (χ1v) is 7.55. The topological polar surface area (TPSA) is 6.48 Å². The van der Waals surface area contributed by atoms with Crippen LogP contribution in [-0.2, 0) is 6.54 Å². The van der Waals surface area contributed by atoms with Crippen molar-refractivity contribution in [3.63, 3.8) is 0 Å². The summed E-state index contributed by atoms with van der Waals surface area (Å²) < 4.78 is 1.21. The number of likely N-dealkylation sites (N-methyl/N-ethyl adjacent to an activating group) is 1. The van der Waals surface area contributed by atoms with Crippen LogP contribution >= 0.6 is 27.3 Å². The number of rotatable bonds is 5. The molecule has 0 spiro atoms. The van der Waals surface area contributed by atoms with Gasteiger partial charge in [0.2, 0.25) is 0 Å². The quantitative estimate of drug-likeness (QED) is 0.825. The predicted octanol–water partition coefficient (Wildman–Crippen LogP) is 3.04. The van der Waals surface area contributed by atoms with Gasteiger partial charge in [-0.25, -0.2) is 0 Å². The predicted molar refractivity (Wildman–Crippen MR) is 74.0 cm³/mol. The number of likely N-dealkylation sites (tertiary alicyclic amines) is 1. The number of thiophene rings is 1. The van der Waals surface area contributed by atoms with E-state index < -0.39 is 0 Å². The Labute approximate surface area is 110 Å². The smallest absolute Gasteiger partial charge is 0.0325 e. The maximum atomic E-state index is 3.50. The molecule has 1 aromatic heterocycles. The van der Waals surface area contributed by atoms with E-state index >= 15 is 0 Å². The summed E-state index contributed by atoms with van der Waals surface area (Å²) in [4.78, 5) is 6.42. The Balaban J connectivity index is 1.69. The van der Waals surface area contributed by atoms with Gasteiger partial charge in [-0.1, -0.05) is 0 Å². The third kappa shape index (κ3) is 3.84. The van der Waals surface area contributed by atoms with Crippen LogP contribution in [0.25, 0.3) is 0 Å². The van der Waals surface area contributed by atoms with E-state index in [2.05, 4.69) is 44.2 Å². The Kier molecular flexibility index (Phi) is 4.82. The van der Waals surface area contributed by atoms with E-state index in [9.17, 15) is 0 Å². The van der Waals surface area contributed by atoms with E-state index in [0.717, 1.165) is 6.54 Å². The van der Waals surface area contributed by atoms with Crippen LogP contribution in [0.15, 0.2) is 15.9 Å². The Morgan fingerprint density at radius 1 is 1.44 bits per heavy atom. The normalized spacial score (nSPS) is 17.4. The molecule has 0 aliphatic carbocycles. The highest BCUT2D eigenvalue weighted by Crippen LogP contribution is 2.20. The van der Waals surface area contributed by atoms with Gasteiger partial charge in [0.15, 0.2) is 0 Å². The Morgan fingerprint density at radius 3 is 2.81 bits per heavy atom. The van der Waals surface area contributed by atoms with Gasteiger partial charge in [0.05, 0.1) is 0 Å². The Bertz CT molecular complexity index is 321. The zero-order valence-electron chi connectivity index (χ0n) is 9.79. The van der Waals surface area contributed by atoms with Crippen molar-refractivity contribution in [3.05, 3.63) is 20.8 Å². The van der Waals surface area contributed by atoms with Gasteiger partial charge in [0.25, 0.3) is 0 Å². The molecule has 2 heterocycles. The molecule has 2 nitrogen and oxygen atoms in total. The largest absolute Gasteiger partial charge is 0.302 e. The lowest BCUT2D eigenvalue weighted by Crippen LogP contribution is -2.30. The molecule has 4 heteroatoms. The van der Waals surface area contributed by atoms with Crippen molar-refractivity contribution in [1.82, 2.24) is 9.80 Å². The van der Waals surface area contributed by atoms with Crippen molar-refractivity contribution in [2.75, 3.05) is 33.2 Å². The van der Waals surface area contributed by atoms with E-state index in [4.69, 9.17) is 0 Å². The molecule has 0 atom stereocenters. The van der Waals surface area contributed by atoms with Gasteiger partial charge in [-0.2, -0.15) is 0 Å². The Hall–Kier alpha value is 0.1000. The van der Waals surface area contributed by atoms with Gasteiger partial charge in [0.1, 0.15) is 0 Å². The molecule has 0 saturated carbocycles. The first-order chi connectivity index (χ1) is 7.74. The second-order valence-corrected chi connectivity index (χ2v) is 6.43. The third-order valence-corrected chi connectivity index (χ3v) is 4.73. The molecule has 1 aliphatic heterocycles. The summed E-state index contributed by atoms with van der Waals surface area (Å²) in [5.74, 6) is 0. The first-order valence-electron chi connectivity index (χ1n) is 5.88. The minimum absolute atomic E-state index is 1.07. The molecule has 90 valence electrons. The molecule has 0 N–H and O–H groups in total. The van der Waals surface area contributed by atoms with Crippen LogP contribution in [0.5, 0.6) is 0 Å². The fraction of sp³-hybridized carbons (Fsp3) is 0.667. The molecule has 0 unspecified atom stereocenters. The summed E-state index contributed by atoms with van der Waals surface area (Å²) in [7, 11) is 2.21. The second-order valence-electron chi connectivity index (χ2n) is 4.52. The summed E-state index contributed by atoms with van der Waals surface area (Å²) in [6, 6.07) is 2.22. The van der Waals surface area contributed by atoms with E-state index in [1.165, 1.54) is 48.4 Å². The van der Waals surface area contributed by atoms with Crippen LogP contribution in [-0.4, -0.2) is 43.0 Å². The van der Waals surface area contributed by atoms with Gasteiger partial charge >= 0.3 is 0 Å². The van der Waals surface area contributed by atoms with Crippen LogP contribution in [0.1, 0.15) is 17.7 Å². The number of nitrogens with zero attached hydrogens (tertiary/aromatic N) is 2. The zero-order chi connectivity index (χ0) is 11.4. The van der Waals surface area contributed by atoms with Crippen molar-refractivity contribution in [3.8, 4) is 0 Å². The molecular weight excluding hydrogens is 284 g/mol.